The number of piperazine rings is 1. The van der Waals surface area contributed by atoms with Crippen LogP contribution in [-0.4, -0.2) is 65.1 Å². The minimum Gasteiger partial charge on any atom is -0.389 e. The van der Waals surface area contributed by atoms with Crippen LogP contribution in [0.5, 0.6) is 0 Å². The highest BCUT2D eigenvalue weighted by molar-refractivity contribution is 5.77. The summed E-state index contributed by atoms with van der Waals surface area (Å²) in [5, 5.41) is 10.3. The summed E-state index contributed by atoms with van der Waals surface area (Å²) < 4.78 is 25.1. The minimum atomic E-state index is -2.33. The van der Waals surface area contributed by atoms with Gasteiger partial charge in [-0.1, -0.05) is 19.8 Å². The summed E-state index contributed by atoms with van der Waals surface area (Å²) in [5.41, 5.74) is -0.834. The monoisotopic (exact) mass is 304 g/mol. The second-order valence-corrected chi connectivity index (χ2v) is 6.40. The van der Waals surface area contributed by atoms with Gasteiger partial charge in [-0.25, -0.2) is 8.78 Å². The van der Waals surface area contributed by atoms with Crippen molar-refractivity contribution in [2.45, 2.75) is 63.5 Å². The van der Waals surface area contributed by atoms with E-state index in [0.717, 1.165) is 19.3 Å². The molecule has 1 saturated carbocycles. The molecule has 1 heterocycles. The molecule has 21 heavy (non-hydrogen) atoms. The highest BCUT2D eigenvalue weighted by Gasteiger charge is 2.37. The molecule has 1 saturated heterocycles. The normalized spacial score (nSPS) is 26.5. The van der Waals surface area contributed by atoms with E-state index in [2.05, 4.69) is 0 Å². The average molecular weight is 304 g/mol. The lowest BCUT2D eigenvalue weighted by Crippen LogP contribution is -2.56. The third kappa shape index (κ3) is 4.36. The fourth-order valence-corrected chi connectivity index (χ4v) is 3.53. The zero-order valence-electron chi connectivity index (χ0n) is 12.7. The molecular formula is C15H26F2N2O2. The summed E-state index contributed by atoms with van der Waals surface area (Å²) in [5.74, 6) is -0.0328. The Hall–Kier alpha value is -0.750. The first-order valence-electron chi connectivity index (χ1n) is 7.96. The maximum Gasteiger partial charge on any atom is 0.251 e. The molecule has 0 aromatic rings. The number of hydrogen-bond acceptors (Lipinski definition) is 3. The summed E-state index contributed by atoms with van der Waals surface area (Å²) in [6.07, 6.45) is 1.94. The maximum absolute atomic E-state index is 12.6. The summed E-state index contributed by atoms with van der Waals surface area (Å²) in [7, 11) is 0. The van der Waals surface area contributed by atoms with Crippen molar-refractivity contribution < 1.29 is 18.7 Å². The van der Waals surface area contributed by atoms with Gasteiger partial charge in [0.1, 0.15) is 0 Å². The number of alkyl halides is 2. The van der Waals surface area contributed by atoms with Crippen LogP contribution in [0, 0.1) is 0 Å². The topological polar surface area (TPSA) is 43.8 Å². The molecule has 1 unspecified atom stereocenters. The number of amides is 1. The Kier molecular flexibility index (Phi) is 5.54. The fraction of sp³-hybridized carbons (Fsp3) is 0.933. The molecule has 0 spiro atoms. The number of carbonyl (C=O) groups is 1. The van der Waals surface area contributed by atoms with Crippen LogP contribution >= 0.6 is 0 Å². The molecule has 1 N–H and O–H groups in total. The molecule has 6 heteroatoms. The Balaban J connectivity index is 1.88. The highest BCUT2D eigenvalue weighted by atomic mass is 19.3. The van der Waals surface area contributed by atoms with Gasteiger partial charge in [-0.05, 0) is 19.3 Å². The molecule has 0 bridgehead atoms. The predicted octanol–water partition coefficient (Wildman–Crippen LogP) is 1.87. The predicted molar refractivity (Wildman–Crippen MR) is 76.3 cm³/mol. The first kappa shape index (κ1) is 16.6. The summed E-state index contributed by atoms with van der Waals surface area (Å²) >= 11 is 0. The molecule has 2 fully saturated rings. The van der Waals surface area contributed by atoms with Gasteiger partial charge in [0.2, 0.25) is 5.91 Å². The van der Waals surface area contributed by atoms with Gasteiger partial charge in [0.05, 0.1) is 18.6 Å². The van der Waals surface area contributed by atoms with Gasteiger partial charge >= 0.3 is 0 Å². The van der Waals surface area contributed by atoms with Crippen molar-refractivity contribution in [3.8, 4) is 0 Å². The number of hydrogen-bond donors (Lipinski definition) is 1. The molecule has 1 atom stereocenters. The van der Waals surface area contributed by atoms with E-state index in [0.29, 0.717) is 32.5 Å². The van der Waals surface area contributed by atoms with Crippen molar-refractivity contribution in [1.82, 2.24) is 9.80 Å². The van der Waals surface area contributed by atoms with E-state index in [4.69, 9.17) is 0 Å². The van der Waals surface area contributed by atoms with Crippen LogP contribution in [0.2, 0.25) is 0 Å². The van der Waals surface area contributed by atoms with Gasteiger partial charge in [0.25, 0.3) is 6.43 Å². The van der Waals surface area contributed by atoms with Crippen LogP contribution in [0.4, 0.5) is 8.78 Å². The smallest absolute Gasteiger partial charge is 0.251 e. The van der Waals surface area contributed by atoms with E-state index >= 15 is 0 Å². The van der Waals surface area contributed by atoms with E-state index in [-0.39, 0.29) is 24.9 Å². The summed E-state index contributed by atoms with van der Waals surface area (Å²) in [6, 6.07) is -0.00470. The number of halogens is 2. The van der Waals surface area contributed by atoms with E-state index in [9.17, 15) is 18.7 Å². The largest absolute Gasteiger partial charge is 0.389 e. The Labute approximate surface area is 125 Å². The van der Waals surface area contributed by atoms with Gasteiger partial charge < -0.3 is 10.0 Å². The van der Waals surface area contributed by atoms with Crippen LogP contribution in [0.1, 0.15) is 45.4 Å². The van der Waals surface area contributed by atoms with Crippen LogP contribution in [0.3, 0.4) is 0 Å². The second-order valence-electron chi connectivity index (χ2n) is 6.40. The molecule has 2 rings (SSSR count). The van der Waals surface area contributed by atoms with Crippen molar-refractivity contribution in [2.75, 3.05) is 26.2 Å². The lowest BCUT2D eigenvalue weighted by molar-refractivity contribution is -0.139. The summed E-state index contributed by atoms with van der Waals surface area (Å²) in [4.78, 5) is 15.9. The van der Waals surface area contributed by atoms with Crippen molar-refractivity contribution in [3.63, 3.8) is 0 Å². The molecule has 1 amide bonds. The minimum absolute atomic E-state index is 0.00470. The van der Waals surface area contributed by atoms with Gasteiger partial charge in [-0.2, -0.15) is 0 Å². The maximum atomic E-state index is 12.6. The van der Waals surface area contributed by atoms with Crippen molar-refractivity contribution in [1.29, 1.82) is 0 Å². The van der Waals surface area contributed by atoms with Crippen molar-refractivity contribution in [2.24, 2.45) is 0 Å². The Morgan fingerprint density at radius 1 is 1.33 bits per heavy atom. The second kappa shape index (κ2) is 7.01. The molecular weight excluding hydrogens is 278 g/mol. The third-order valence-corrected chi connectivity index (χ3v) is 4.82. The molecule has 1 aliphatic carbocycles. The molecule has 1 aliphatic heterocycles. The third-order valence-electron chi connectivity index (χ3n) is 4.82. The standard InChI is InChI=1S/C15H26F2N2O2/c1-2-12-10-19(8-7-18(12)11-13(16)17)14(20)9-15(21)5-3-4-6-15/h12-13,21H,2-11H2,1H3. The first-order chi connectivity index (χ1) is 9.93. The van der Waals surface area contributed by atoms with Gasteiger partial charge in [-0.15, -0.1) is 0 Å². The summed E-state index contributed by atoms with van der Waals surface area (Å²) in [6.45, 7) is 3.22. The Morgan fingerprint density at radius 3 is 2.57 bits per heavy atom. The lowest BCUT2D eigenvalue weighted by atomic mass is 9.96. The van der Waals surface area contributed by atoms with Crippen LogP contribution in [-0.2, 0) is 4.79 Å². The van der Waals surface area contributed by atoms with Gasteiger partial charge in [-0.3, -0.25) is 9.69 Å². The zero-order valence-corrected chi connectivity index (χ0v) is 12.7. The van der Waals surface area contributed by atoms with E-state index in [1.54, 1.807) is 9.80 Å². The van der Waals surface area contributed by atoms with Gasteiger partial charge in [0.15, 0.2) is 0 Å². The van der Waals surface area contributed by atoms with Crippen molar-refractivity contribution >= 4 is 5.91 Å². The number of carbonyl (C=O) groups excluding carboxylic acids is 1. The number of aliphatic hydroxyl groups is 1. The zero-order chi connectivity index (χ0) is 15.5. The fourth-order valence-electron chi connectivity index (χ4n) is 3.53. The van der Waals surface area contributed by atoms with Crippen LogP contribution in [0.25, 0.3) is 0 Å². The molecule has 2 aliphatic rings. The first-order valence-corrected chi connectivity index (χ1v) is 7.96. The SMILES string of the molecule is CCC1CN(C(=O)CC2(O)CCCC2)CCN1CC(F)F. The highest BCUT2D eigenvalue weighted by Crippen LogP contribution is 2.33. The Bertz CT molecular complexity index is 360. The van der Waals surface area contributed by atoms with Crippen molar-refractivity contribution in [3.05, 3.63) is 0 Å². The molecule has 122 valence electrons. The Morgan fingerprint density at radius 2 is 2.00 bits per heavy atom. The average Bonchev–Trinajstić information content (AvgIpc) is 2.84. The number of nitrogens with zero attached hydrogens (tertiary/aromatic N) is 2. The quantitative estimate of drug-likeness (QED) is 0.843. The van der Waals surface area contributed by atoms with Gasteiger partial charge in [0, 0.05) is 25.7 Å². The van der Waals surface area contributed by atoms with E-state index in [1.807, 2.05) is 6.92 Å². The van der Waals surface area contributed by atoms with Crippen LogP contribution < -0.4 is 0 Å². The lowest BCUT2D eigenvalue weighted by Gasteiger charge is -2.41. The molecule has 0 radical (unpaired) electrons. The van der Waals surface area contributed by atoms with E-state index < -0.39 is 12.0 Å². The van der Waals surface area contributed by atoms with Crippen LogP contribution in [0.15, 0.2) is 0 Å². The molecule has 0 aromatic heterocycles. The molecule has 4 nitrogen and oxygen atoms in total. The number of rotatable bonds is 5. The van der Waals surface area contributed by atoms with E-state index in [1.165, 1.54) is 0 Å². The molecule has 0 aromatic carbocycles.